The van der Waals surface area contributed by atoms with E-state index in [1.165, 1.54) is 5.56 Å². The Hall–Kier alpha value is -2.50. The van der Waals surface area contributed by atoms with Gasteiger partial charge in [-0.1, -0.05) is 70.7 Å². The van der Waals surface area contributed by atoms with Crippen molar-refractivity contribution in [3.8, 4) is 0 Å². The number of amides is 2. The molecule has 0 saturated heterocycles. The first-order valence-corrected chi connectivity index (χ1v) is 10.6. The van der Waals surface area contributed by atoms with Crippen LogP contribution in [0.25, 0.3) is 0 Å². The molecule has 2 amide bonds. The second-order valence-corrected chi connectivity index (χ2v) is 7.91. The van der Waals surface area contributed by atoms with E-state index in [1.54, 1.807) is 4.90 Å². The fourth-order valence-electron chi connectivity index (χ4n) is 3.23. The maximum absolute atomic E-state index is 14.0. The number of halogens is 3. The van der Waals surface area contributed by atoms with E-state index < -0.39 is 29.2 Å². The van der Waals surface area contributed by atoms with Crippen LogP contribution in [0.2, 0.25) is 0 Å². The van der Waals surface area contributed by atoms with Crippen LogP contribution in [0.5, 0.6) is 0 Å². The van der Waals surface area contributed by atoms with Gasteiger partial charge in [0.15, 0.2) is 11.6 Å². The maximum atomic E-state index is 14.0. The monoisotopic (exact) mass is 420 g/mol. The van der Waals surface area contributed by atoms with Crippen molar-refractivity contribution in [1.29, 1.82) is 0 Å². The number of anilines is 1. The number of hydrogen-bond donors (Lipinski definition) is 1. The molecule has 2 aromatic rings. The summed E-state index contributed by atoms with van der Waals surface area (Å²) in [7, 11) is 0. The highest BCUT2D eigenvalue weighted by Crippen LogP contribution is 2.22. The first-order valence-electron chi connectivity index (χ1n) is 10.6. The van der Waals surface area contributed by atoms with Gasteiger partial charge in [-0.05, 0) is 23.5 Å². The Kier molecular flexibility index (Phi) is 9.21. The van der Waals surface area contributed by atoms with E-state index in [0.717, 1.165) is 37.7 Å². The Bertz CT molecular complexity index is 799. The Morgan fingerprint density at radius 2 is 1.57 bits per heavy atom. The number of unbranched alkanes of at least 4 members (excludes halogenated alkanes) is 4. The summed E-state index contributed by atoms with van der Waals surface area (Å²) in [4.78, 5) is 14.3. The SMILES string of the molecule is CCCCCCCN(Cc1ccc(C(C)C)cc1)C(=O)Nc1c(F)cc(F)cc1F. The van der Waals surface area contributed by atoms with Crippen LogP contribution in [0.1, 0.15) is 69.9 Å². The van der Waals surface area contributed by atoms with Crippen LogP contribution in [0.15, 0.2) is 36.4 Å². The van der Waals surface area contributed by atoms with Gasteiger partial charge < -0.3 is 10.2 Å². The molecular weight excluding hydrogens is 389 g/mol. The first-order chi connectivity index (χ1) is 14.3. The summed E-state index contributed by atoms with van der Waals surface area (Å²) < 4.78 is 41.1. The third kappa shape index (κ3) is 7.08. The molecule has 1 N–H and O–H groups in total. The lowest BCUT2D eigenvalue weighted by atomic mass is 10.0. The van der Waals surface area contributed by atoms with Crippen molar-refractivity contribution >= 4 is 11.7 Å². The van der Waals surface area contributed by atoms with Gasteiger partial charge in [-0.2, -0.15) is 0 Å². The smallest absolute Gasteiger partial charge is 0.320 e. The highest BCUT2D eigenvalue weighted by Gasteiger charge is 2.19. The van der Waals surface area contributed by atoms with Gasteiger partial charge in [0.05, 0.1) is 0 Å². The second kappa shape index (κ2) is 11.6. The predicted octanol–water partition coefficient (Wildman–Crippen LogP) is 7.23. The quantitative estimate of drug-likeness (QED) is 0.404. The molecule has 0 unspecified atom stereocenters. The molecule has 2 rings (SSSR count). The summed E-state index contributed by atoms with van der Waals surface area (Å²) in [5.74, 6) is -2.89. The zero-order valence-corrected chi connectivity index (χ0v) is 18.0. The lowest BCUT2D eigenvalue weighted by molar-refractivity contribution is 0.207. The van der Waals surface area contributed by atoms with E-state index in [-0.39, 0.29) is 0 Å². The number of nitrogens with one attached hydrogen (secondary N) is 1. The average molecular weight is 421 g/mol. The largest absolute Gasteiger partial charge is 0.322 e. The van der Waals surface area contributed by atoms with Crippen LogP contribution in [-0.4, -0.2) is 17.5 Å². The predicted molar refractivity (Wildman–Crippen MR) is 115 cm³/mol. The summed E-state index contributed by atoms with van der Waals surface area (Å²) in [6.07, 6.45) is 5.11. The molecule has 0 aliphatic carbocycles. The van der Waals surface area contributed by atoms with Crippen LogP contribution in [0.4, 0.5) is 23.7 Å². The molecule has 0 atom stereocenters. The van der Waals surface area contributed by atoms with Gasteiger partial charge in [0.25, 0.3) is 0 Å². The third-order valence-electron chi connectivity index (χ3n) is 5.08. The van der Waals surface area contributed by atoms with Crippen molar-refractivity contribution in [2.45, 2.75) is 65.3 Å². The topological polar surface area (TPSA) is 32.3 Å². The van der Waals surface area contributed by atoms with E-state index in [4.69, 9.17) is 0 Å². The molecule has 0 heterocycles. The zero-order valence-electron chi connectivity index (χ0n) is 18.0. The van der Waals surface area contributed by atoms with Crippen LogP contribution in [-0.2, 0) is 6.54 Å². The molecule has 0 bridgehead atoms. The average Bonchev–Trinajstić information content (AvgIpc) is 2.69. The number of rotatable bonds is 10. The van der Waals surface area contributed by atoms with E-state index in [1.807, 2.05) is 24.3 Å². The molecular formula is C24H31F3N2O. The van der Waals surface area contributed by atoms with Crippen molar-refractivity contribution in [3.05, 3.63) is 65.0 Å². The summed E-state index contributed by atoms with van der Waals surface area (Å²) in [6, 6.07) is 8.48. The van der Waals surface area contributed by atoms with Crippen LogP contribution >= 0.6 is 0 Å². The molecule has 0 radical (unpaired) electrons. The number of carbonyl (C=O) groups excluding carboxylic acids is 1. The van der Waals surface area contributed by atoms with Crippen molar-refractivity contribution < 1.29 is 18.0 Å². The fourth-order valence-corrected chi connectivity index (χ4v) is 3.23. The normalized spacial score (nSPS) is 11.0. The molecule has 3 nitrogen and oxygen atoms in total. The van der Waals surface area contributed by atoms with Crippen LogP contribution < -0.4 is 5.32 Å². The standard InChI is InChI=1S/C24H31F3N2O/c1-4-5-6-7-8-13-29(16-18-9-11-19(12-10-18)17(2)3)24(30)28-23-21(26)14-20(25)15-22(23)27/h9-12,14-15,17H,4-8,13,16H2,1-3H3,(H,28,30). The highest BCUT2D eigenvalue weighted by molar-refractivity contribution is 5.89. The Labute approximate surface area is 177 Å². The maximum Gasteiger partial charge on any atom is 0.322 e. The third-order valence-corrected chi connectivity index (χ3v) is 5.08. The molecule has 30 heavy (non-hydrogen) atoms. The van der Waals surface area contributed by atoms with Gasteiger partial charge in [0, 0.05) is 25.2 Å². The molecule has 6 heteroatoms. The summed E-state index contributed by atoms with van der Waals surface area (Å²) in [5, 5.41) is 2.28. The van der Waals surface area contributed by atoms with Crippen molar-refractivity contribution in [2.24, 2.45) is 0 Å². The van der Waals surface area contributed by atoms with Crippen LogP contribution in [0.3, 0.4) is 0 Å². The highest BCUT2D eigenvalue weighted by atomic mass is 19.1. The van der Waals surface area contributed by atoms with Crippen molar-refractivity contribution in [2.75, 3.05) is 11.9 Å². The minimum atomic E-state index is -1.13. The van der Waals surface area contributed by atoms with E-state index >= 15 is 0 Å². The Morgan fingerprint density at radius 3 is 2.13 bits per heavy atom. The minimum absolute atomic E-state index is 0.322. The Balaban J connectivity index is 2.12. The number of nitrogens with zero attached hydrogens (tertiary/aromatic N) is 1. The minimum Gasteiger partial charge on any atom is -0.320 e. The first kappa shape index (κ1) is 23.8. The molecule has 0 aliphatic heterocycles. The molecule has 0 fully saturated rings. The Morgan fingerprint density at radius 1 is 0.967 bits per heavy atom. The summed E-state index contributed by atoms with van der Waals surface area (Å²) in [5.41, 5.74) is 1.50. The lowest BCUT2D eigenvalue weighted by Gasteiger charge is -2.24. The molecule has 0 spiro atoms. The zero-order chi connectivity index (χ0) is 22.1. The van der Waals surface area contributed by atoms with Gasteiger partial charge in [0.2, 0.25) is 0 Å². The van der Waals surface area contributed by atoms with Crippen LogP contribution in [0, 0.1) is 17.5 Å². The number of benzene rings is 2. The van der Waals surface area contributed by atoms with Crippen molar-refractivity contribution in [1.82, 2.24) is 4.90 Å². The summed E-state index contributed by atoms with van der Waals surface area (Å²) in [6.45, 7) is 7.13. The van der Waals surface area contributed by atoms with Gasteiger partial charge >= 0.3 is 6.03 Å². The molecule has 0 aromatic heterocycles. The van der Waals surface area contributed by atoms with Gasteiger partial charge in [0.1, 0.15) is 11.5 Å². The number of carbonyl (C=O) groups is 1. The second-order valence-electron chi connectivity index (χ2n) is 7.91. The van der Waals surface area contributed by atoms with Crippen molar-refractivity contribution in [3.63, 3.8) is 0 Å². The van der Waals surface area contributed by atoms with Gasteiger partial charge in [-0.25, -0.2) is 18.0 Å². The summed E-state index contributed by atoms with van der Waals surface area (Å²) >= 11 is 0. The molecule has 2 aromatic carbocycles. The molecule has 164 valence electrons. The molecule has 0 aliphatic rings. The number of urea groups is 1. The van der Waals surface area contributed by atoms with E-state index in [9.17, 15) is 18.0 Å². The van der Waals surface area contributed by atoms with E-state index in [0.29, 0.717) is 31.1 Å². The van der Waals surface area contributed by atoms with Gasteiger partial charge in [-0.15, -0.1) is 0 Å². The van der Waals surface area contributed by atoms with E-state index in [2.05, 4.69) is 26.1 Å². The van der Waals surface area contributed by atoms with Gasteiger partial charge in [-0.3, -0.25) is 0 Å². The lowest BCUT2D eigenvalue weighted by Crippen LogP contribution is -2.35. The molecule has 0 saturated carbocycles. The number of hydrogen-bond acceptors (Lipinski definition) is 1. The fraction of sp³-hybridized carbons (Fsp3) is 0.458.